The second-order valence-corrected chi connectivity index (χ2v) is 10.2. The predicted molar refractivity (Wildman–Crippen MR) is 146 cm³/mol. The van der Waals surface area contributed by atoms with Gasteiger partial charge in [-0.3, -0.25) is 14.7 Å². The van der Waals surface area contributed by atoms with Gasteiger partial charge in [0.1, 0.15) is 0 Å². The van der Waals surface area contributed by atoms with Gasteiger partial charge in [0.05, 0.1) is 16.1 Å². The van der Waals surface area contributed by atoms with Gasteiger partial charge < -0.3 is 10.6 Å². The molecule has 0 aliphatic heterocycles. The molecule has 1 atom stereocenters. The Hall–Kier alpha value is -4.00. The molecule has 0 aliphatic carbocycles. The zero-order chi connectivity index (χ0) is 24.3. The SMILES string of the molecule is O=S(=O)(Nc1cccc(Nc2ccncc2)c1)c1ccc(Nc2ccnc3ccc(P)cc23)cc1. The molecule has 35 heavy (non-hydrogen) atoms. The van der Waals surface area contributed by atoms with Crippen LogP contribution in [0, 0.1) is 0 Å². The zero-order valence-corrected chi connectivity index (χ0v) is 20.5. The molecular formula is C26H22N5O2PS. The minimum absolute atomic E-state index is 0.169. The number of pyridine rings is 2. The summed E-state index contributed by atoms with van der Waals surface area (Å²) in [4.78, 5) is 8.56. The highest BCUT2D eigenvalue weighted by Gasteiger charge is 2.14. The molecule has 5 rings (SSSR count). The van der Waals surface area contributed by atoms with Crippen LogP contribution in [0.3, 0.4) is 0 Å². The minimum Gasteiger partial charge on any atom is -0.355 e. The topological polar surface area (TPSA) is 96.0 Å². The highest BCUT2D eigenvalue weighted by molar-refractivity contribution is 7.92. The molecule has 0 spiro atoms. The van der Waals surface area contributed by atoms with Crippen LogP contribution in [0.5, 0.6) is 0 Å². The van der Waals surface area contributed by atoms with E-state index in [1.54, 1.807) is 61.1 Å². The monoisotopic (exact) mass is 499 g/mol. The second kappa shape index (κ2) is 9.70. The number of aromatic nitrogens is 2. The summed E-state index contributed by atoms with van der Waals surface area (Å²) in [5.74, 6) is 0. The molecule has 1 unspecified atom stereocenters. The molecule has 3 N–H and O–H groups in total. The van der Waals surface area contributed by atoms with Crippen LogP contribution in [0.25, 0.3) is 10.9 Å². The van der Waals surface area contributed by atoms with E-state index in [-0.39, 0.29) is 4.90 Å². The third kappa shape index (κ3) is 5.40. The highest BCUT2D eigenvalue weighted by atomic mass is 32.2. The fourth-order valence-corrected chi connectivity index (χ4v) is 4.93. The maximum absolute atomic E-state index is 13.0. The number of anilines is 5. The van der Waals surface area contributed by atoms with Crippen molar-refractivity contribution >= 4 is 63.9 Å². The summed E-state index contributed by atoms with van der Waals surface area (Å²) in [7, 11) is -1.08. The van der Waals surface area contributed by atoms with E-state index >= 15 is 0 Å². The smallest absolute Gasteiger partial charge is 0.261 e. The van der Waals surface area contributed by atoms with Crippen LogP contribution in [0.1, 0.15) is 0 Å². The molecule has 2 heterocycles. The van der Waals surface area contributed by atoms with Crippen LogP contribution in [-0.4, -0.2) is 18.4 Å². The lowest BCUT2D eigenvalue weighted by Gasteiger charge is -2.12. The molecule has 0 fully saturated rings. The van der Waals surface area contributed by atoms with Gasteiger partial charge in [0.25, 0.3) is 10.0 Å². The van der Waals surface area contributed by atoms with E-state index in [1.807, 2.05) is 42.5 Å². The summed E-state index contributed by atoms with van der Waals surface area (Å²) in [6.45, 7) is 0. The molecule has 0 saturated carbocycles. The first-order valence-corrected chi connectivity index (χ1v) is 12.8. The molecule has 0 saturated heterocycles. The van der Waals surface area contributed by atoms with Gasteiger partial charge in [-0.2, -0.15) is 0 Å². The van der Waals surface area contributed by atoms with Gasteiger partial charge in [-0.25, -0.2) is 8.42 Å². The van der Waals surface area contributed by atoms with E-state index in [1.165, 1.54) is 0 Å². The molecule has 7 nitrogen and oxygen atoms in total. The Kier molecular flexibility index (Phi) is 6.31. The number of benzene rings is 3. The van der Waals surface area contributed by atoms with Crippen molar-refractivity contribution in [3.8, 4) is 0 Å². The highest BCUT2D eigenvalue weighted by Crippen LogP contribution is 2.27. The summed E-state index contributed by atoms with van der Waals surface area (Å²) >= 11 is 0. The predicted octanol–water partition coefficient (Wildman–Crippen LogP) is 5.42. The Balaban J connectivity index is 1.32. The average molecular weight is 500 g/mol. The standard InChI is InChI=1S/C26H22N5O2PS/c32-35(33,31-21-3-1-2-20(16-21)29-19-10-13-27-14-11-19)23-7-4-18(5-8-23)30-26-12-15-28-25-9-6-22(34)17-24(25)26/h1-17,31H,34H2,(H,27,29)(H,28,30). The van der Waals surface area contributed by atoms with Crippen LogP contribution >= 0.6 is 9.24 Å². The molecule has 9 heteroatoms. The van der Waals surface area contributed by atoms with Crippen LogP contribution in [0.2, 0.25) is 0 Å². The average Bonchev–Trinajstić information content (AvgIpc) is 2.85. The van der Waals surface area contributed by atoms with Gasteiger partial charge in [0.15, 0.2) is 0 Å². The Morgan fingerprint density at radius 2 is 1.43 bits per heavy atom. The maximum Gasteiger partial charge on any atom is 0.261 e. The van der Waals surface area contributed by atoms with Crippen molar-refractivity contribution in [2.24, 2.45) is 0 Å². The molecule has 0 aliphatic rings. The lowest BCUT2D eigenvalue weighted by Crippen LogP contribution is -2.13. The molecule has 0 radical (unpaired) electrons. The zero-order valence-electron chi connectivity index (χ0n) is 18.5. The number of fused-ring (bicyclic) bond motifs is 1. The summed E-state index contributed by atoms with van der Waals surface area (Å²) in [5.41, 5.74) is 4.63. The van der Waals surface area contributed by atoms with E-state index in [0.29, 0.717) is 5.69 Å². The fourth-order valence-electron chi connectivity index (χ4n) is 3.62. The first-order chi connectivity index (χ1) is 17.0. The van der Waals surface area contributed by atoms with Crippen molar-refractivity contribution in [2.45, 2.75) is 4.90 Å². The van der Waals surface area contributed by atoms with Crippen molar-refractivity contribution in [1.29, 1.82) is 0 Å². The number of rotatable bonds is 7. The van der Waals surface area contributed by atoms with E-state index in [0.717, 1.165) is 39.0 Å². The normalized spacial score (nSPS) is 11.2. The molecule has 0 bridgehead atoms. The molecular weight excluding hydrogens is 477 g/mol. The Morgan fingerprint density at radius 3 is 2.23 bits per heavy atom. The summed E-state index contributed by atoms with van der Waals surface area (Å²) in [6, 6.07) is 25.3. The lowest BCUT2D eigenvalue weighted by molar-refractivity contribution is 0.601. The first-order valence-electron chi connectivity index (χ1n) is 10.8. The third-order valence-corrected chi connectivity index (χ3v) is 7.05. The molecule has 0 amide bonds. The van der Waals surface area contributed by atoms with Crippen LogP contribution in [0.4, 0.5) is 28.4 Å². The number of hydrogen-bond donors (Lipinski definition) is 3. The van der Waals surface area contributed by atoms with Gasteiger partial charge in [-0.15, -0.1) is 9.24 Å². The third-order valence-electron chi connectivity index (χ3n) is 5.29. The summed E-state index contributed by atoms with van der Waals surface area (Å²) in [5, 5.41) is 8.63. The largest absolute Gasteiger partial charge is 0.355 e. The van der Waals surface area contributed by atoms with Gasteiger partial charge >= 0.3 is 0 Å². The van der Waals surface area contributed by atoms with Crippen molar-refractivity contribution in [3.63, 3.8) is 0 Å². The van der Waals surface area contributed by atoms with E-state index in [4.69, 9.17) is 0 Å². The number of sulfonamides is 1. The molecule has 174 valence electrons. The maximum atomic E-state index is 13.0. The molecule has 5 aromatic rings. The van der Waals surface area contributed by atoms with Gasteiger partial charge in [-0.1, -0.05) is 12.1 Å². The Labute approximate surface area is 205 Å². The second-order valence-electron chi connectivity index (χ2n) is 7.83. The van der Waals surface area contributed by atoms with Crippen molar-refractivity contribution in [2.75, 3.05) is 15.4 Å². The minimum atomic E-state index is -3.76. The van der Waals surface area contributed by atoms with E-state index in [9.17, 15) is 8.42 Å². The van der Waals surface area contributed by atoms with E-state index in [2.05, 4.69) is 34.6 Å². The van der Waals surface area contributed by atoms with Crippen molar-refractivity contribution < 1.29 is 8.42 Å². The number of nitrogens with one attached hydrogen (secondary N) is 3. The quantitative estimate of drug-likeness (QED) is 0.259. The lowest BCUT2D eigenvalue weighted by atomic mass is 10.2. The number of nitrogens with zero attached hydrogens (tertiary/aromatic N) is 2. The van der Waals surface area contributed by atoms with Gasteiger partial charge in [0.2, 0.25) is 0 Å². The summed E-state index contributed by atoms with van der Waals surface area (Å²) in [6.07, 6.45) is 5.11. The molecule has 3 aromatic carbocycles. The van der Waals surface area contributed by atoms with Gasteiger partial charge in [0, 0.05) is 46.7 Å². The van der Waals surface area contributed by atoms with Gasteiger partial charge in [-0.05, 0) is 78.1 Å². The Bertz CT molecular complexity index is 1590. The summed E-state index contributed by atoms with van der Waals surface area (Å²) < 4.78 is 28.6. The molecule has 2 aromatic heterocycles. The van der Waals surface area contributed by atoms with Crippen LogP contribution in [0.15, 0.2) is 108 Å². The Morgan fingerprint density at radius 1 is 0.686 bits per heavy atom. The van der Waals surface area contributed by atoms with E-state index < -0.39 is 10.0 Å². The number of hydrogen-bond acceptors (Lipinski definition) is 6. The first kappa shape index (κ1) is 22.8. The van der Waals surface area contributed by atoms with Crippen LogP contribution < -0.4 is 20.7 Å². The van der Waals surface area contributed by atoms with Crippen molar-refractivity contribution in [3.05, 3.63) is 104 Å². The fraction of sp³-hybridized carbons (Fsp3) is 0. The van der Waals surface area contributed by atoms with Crippen LogP contribution in [-0.2, 0) is 10.0 Å². The van der Waals surface area contributed by atoms with Crippen molar-refractivity contribution in [1.82, 2.24) is 9.97 Å².